The number of carbonyl (C=O) groups is 2. The van der Waals surface area contributed by atoms with Gasteiger partial charge in [0.2, 0.25) is 6.41 Å². The number of rotatable bonds is 3. The summed E-state index contributed by atoms with van der Waals surface area (Å²) in [5, 5.41) is 3.03. The van der Waals surface area contributed by atoms with Gasteiger partial charge in [0.05, 0.1) is 11.3 Å². The summed E-state index contributed by atoms with van der Waals surface area (Å²) in [6.07, 6.45) is 3.79. The van der Waals surface area contributed by atoms with Crippen molar-refractivity contribution in [2.24, 2.45) is 0 Å². The van der Waals surface area contributed by atoms with E-state index in [0.717, 1.165) is 25.9 Å². The lowest BCUT2D eigenvalue weighted by molar-refractivity contribution is -0.105. The van der Waals surface area contributed by atoms with Crippen molar-refractivity contribution in [3.05, 3.63) is 28.8 Å². The monoisotopic (exact) mass is 266 g/mol. The lowest BCUT2D eigenvalue weighted by atomic mass is 10.1. The van der Waals surface area contributed by atoms with E-state index in [1.807, 2.05) is 4.90 Å². The molecule has 96 valence electrons. The van der Waals surface area contributed by atoms with Crippen LogP contribution in [0.2, 0.25) is 5.02 Å². The van der Waals surface area contributed by atoms with Crippen LogP contribution in [0.3, 0.4) is 0 Å². The first-order valence-electron chi connectivity index (χ1n) is 6.01. The van der Waals surface area contributed by atoms with Gasteiger partial charge >= 0.3 is 0 Å². The number of halogens is 1. The first-order chi connectivity index (χ1) is 8.72. The van der Waals surface area contributed by atoms with Crippen LogP contribution in [0.5, 0.6) is 0 Å². The molecule has 1 aromatic carbocycles. The molecule has 0 bridgehead atoms. The van der Waals surface area contributed by atoms with Crippen LogP contribution in [0, 0.1) is 0 Å². The maximum Gasteiger partial charge on any atom is 0.256 e. The highest BCUT2D eigenvalue weighted by Crippen LogP contribution is 2.23. The lowest BCUT2D eigenvalue weighted by Crippen LogP contribution is -2.36. The number of nitrogens with one attached hydrogen (secondary N) is 1. The zero-order valence-corrected chi connectivity index (χ0v) is 10.7. The number of anilines is 1. The maximum atomic E-state index is 12.4. The molecule has 1 heterocycles. The molecule has 1 aromatic rings. The Labute approximate surface area is 111 Å². The summed E-state index contributed by atoms with van der Waals surface area (Å²) in [6, 6.07) is 4.90. The summed E-state index contributed by atoms with van der Waals surface area (Å²) in [7, 11) is 0. The lowest BCUT2D eigenvalue weighted by Gasteiger charge is -2.27. The first kappa shape index (κ1) is 12.9. The fraction of sp³-hybridized carbons (Fsp3) is 0.385. The second-order valence-electron chi connectivity index (χ2n) is 4.30. The average molecular weight is 267 g/mol. The molecule has 0 aliphatic carbocycles. The van der Waals surface area contributed by atoms with Gasteiger partial charge in [0, 0.05) is 18.1 Å². The van der Waals surface area contributed by atoms with E-state index in [0.29, 0.717) is 22.7 Å². The Morgan fingerprint density at radius 1 is 1.28 bits per heavy atom. The summed E-state index contributed by atoms with van der Waals surface area (Å²) in [6.45, 7) is 1.54. The van der Waals surface area contributed by atoms with Crippen LogP contribution in [-0.4, -0.2) is 30.3 Å². The van der Waals surface area contributed by atoms with Crippen LogP contribution < -0.4 is 5.32 Å². The predicted molar refractivity (Wildman–Crippen MR) is 70.9 cm³/mol. The molecule has 1 N–H and O–H groups in total. The molecule has 1 aliphatic rings. The molecule has 0 unspecified atom stereocenters. The molecule has 4 nitrogen and oxygen atoms in total. The van der Waals surface area contributed by atoms with E-state index >= 15 is 0 Å². The summed E-state index contributed by atoms with van der Waals surface area (Å²) in [5.41, 5.74) is 0.960. The van der Waals surface area contributed by atoms with Gasteiger partial charge in [0.15, 0.2) is 0 Å². The third-order valence-corrected chi connectivity index (χ3v) is 3.30. The Bertz CT molecular complexity index is 456. The molecule has 0 radical (unpaired) electrons. The van der Waals surface area contributed by atoms with Crippen molar-refractivity contribution in [2.45, 2.75) is 19.3 Å². The van der Waals surface area contributed by atoms with Crippen LogP contribution in [0.1, 0.15) is 29.6 Å². The van der Waals surface area contributed by atoms with E-state index in [9.17, 15) is 9.59 Å². The number of benzene rings is 1. The van der Waals surface area contributed by atoms with Gasteiger partial charge in [-0.05, 0) is 37.5 Å². The third-order valence-electron chi connectivity index (χ3n) is 3.07. The van der Waals surface area contributed by atoms with Crippen molar-refractivity contribution in [2.75, 3.05) is 18.4 Å². The zero-order valence-electron chi connectivity index (χ0n) is 9.99. The average Bonchev–Trinajstić information content (AvgIpc) is 2.41. The Morgan fingerprint density at radius 2 is 2.00 bits per heavy atom. The molecule has 2 rings (SSSR count). The van der Waals surface area contributed by atoms with Crippen molar-refractivity contribution in [1.29, 1.82) is 0 Å². The van der Waals surface area contributed by atoms with Crippen LogP contribution in [-0.2, 0) is 4.79 Å². The molecule has 0 spiro atoms. The van der Waals surface area contributed by atoms with E-state index in [1.54, 1.807) is 18.2 Å². The minimum Gasteiger partial charge on any atom is -0.339 e. The SMILES string of the molecule is O=CNc1ccc(Cl)cc1C(=O)N1CCCCC1. The van der Waals surface area contributed by atoms with E-state index in [4.69, 9.17) is 11.6 Å². The molecule has 1 fully saturated rings. The molecule has 5 heteroatoms. The Hall–Kier alpha value is -1.55. The summed E-state index contributed by atoms with van der Waals surface area (Å²) >= 11 is 5.91. The quantitative estimate of drug-likeness (QED) is 0.855. The largest absolute Gasteiger partial charge is 0.339 e. The standard InChI is InChI=1S/C13H15ClN2O2/c14-10-4-5-12(15-9-17)11(8-10)13(18)16-6-2-1-3-7-16/h4-5,8-9H,1-3,6-7H2,(H,15,17). The molecule has 18 heavy (non-hydrogen) atoms. The molecule has 1 saturated heterocycles. The zero-order chi connectivity index (χ0) is 13.0. The molecule has 0 aromatic heterocycles. The molecule has 0 saturated carbocycles. The molecule has 0 atom stereocenters. The topological polar surface area (TPSA) is 49.4 Å². The van der Waals surface area contributed by atoms with Crippen LogP contribution >= 0.6 is 11.6 Å². The Morgan fingerprint density at radius 3 is 2.67 bits per heavy atom. The third kappa shape index (κ3) is 2.82. The Balaban J connectivity index is 2.26. The number of hydrogen-bond donors (Lipinski definition) is 1. The van der Waals surface area contributed by atoms with Crippen molar-refractivity contribution in [3.63, 3.8) is 0 Å². The molecule has 2 amide bonds. The number of likely N-dealkylation sites (tertiary alicyclic amines) is 1. The number of hydrogen-bond acceptors (Lipinski definition) is 2. The summed E-state index contributed by atoms with van der Waals surface area (Å²) in [5.74, 6) is -0.0680. The van der Waals surface area contributed by atoms with Gasteiger partial charge in [-0.1, -0.05) is 11.6 Å². The van der Waals surface area contributed by atoms with Crippen molar-refractivity contribution in [3.8, 4) is 0 Å². The second kappa shape index (κ2) is 5.87. The normalized spacial score (nSPS) is 15.3. The van der Waals surface area contributed by atoms with Crippen LogP contribution in [0.4, 0.5) is 5.69 Å². The van der Waals surface area contributed by atoms with E-state index in [1.165, 1.54) is 6.42 Å². The molecular formula is C13H15ClN2O2. The number of piperidine rings is 1. The summed E-state index contributed by atoms with van der Waals surface area (Å²) in [4.78, 5) is 24.7. The van der Waals surface area contributed by atoms with Crippen molar-refractivity contribution in [1.82, 2.24) is 4.90 Å². The Kier molecular flexibility index (Phi) is 4.20. The fourth-order valence-electron chi connectivity index (χ4n) is 2.15. The highest BCUT2D eigenvalue weighted by atomic mass is 35.5. The van der Waals surface area contributed by atoms with Gasteiger partial charge in [-0.15, -0.1) is 0 Å². The van der Waals surface area contributed by atoms with Gasteiger partial charge in [-0.3, -0.25) is 9.59 Å². The van der Waals surface area contributed by atoms with Gasteiger partial charge in [-0.2, -0.15) is 0 Å². The predicted octanol–water partition coefficient (Wildman–Crippen LogP) is 2.53. The van der Waals surface area contributed by atoms with Crippen LogP contribution in [0.25, 0.3) is 0 Å². The minimum atomic E-state index is -0.0680. The van der Waals surface area contributed by atoms with Gasteiger partial charge in [0.25, 0.3) is 5.91 Å². The van der Waals surface area contributed by atoms with E-state index < -0.39 is 0 Å². The van der Waals surface area contributed by atoms with E-state index in [2.05, 4.69) is 5.32 Å². The minimum absolute atomic E-state index is 0.0680. The highest BCUT2D eigenvalue weighted by molar-refractivity contribution is 6.31. The maximum absolute atomic E-state index is 12.4. The van der Waals surface area contributed by atoms with Crippen LogP contribution in [0.15, 0.2) is 18.2 Å². The number of carbonyl (C=O) groups excluding carboxylic acids is 2. The molecular weight excluding hydrogens is 252 g/mol. The smallest absolute Gasteiger partial charge is 0.256 e. The molecule has 1 aliphatic heterocycles. The highest BCUT2D eigenvalue weighted by Gasteiger charge is 2.20. The van der Waals surface area contributed by atoms with Gasteiger partial charge in [0.1, 0.15) is 0 Å². The van der Waals surface area contributed by atoms with Gasteiger partial charge in [-0.25, -0.2) is 0 Å². The number of nitrogens with zero attached hydrogens (tertiary/aromatic N) is 1. The fourth-order valence-corrected chi connectivity index (χ4v) is 2.32. The van der Waals surface area contributed by atoms with Crippen molar-refractivity contribution >= 4 is 29.6 Å². The number of amides is 2. The first-order valence-corrected chi connectivity index (χ1v) is 6.39. The summed E-state index contributed by atoms with van der Waals surface area (Å²) < 4.78 is 0. The van der Waals surface area contributed by atoms with Crippen molar-refractivity contribution < 1.29 is 9.59 Å². The van der Waals surface area contributed by atoms with Gasteiger partial charge < -0.3 is 10.2 Å². The second-order valence-corrected chi connectivity index (χ2v) is 4.74. The van der Waals surface area contributed by atoms with E-state index in [-0.39, 0.29) is 5.91 Å².